The third-order valence-corrected chi connectivity index (χ3v) is 4.51. The van der Waals surface area contributed by atoms with Crippen molar-refractivity contribution in [2.45, 2.75) is 6.92 Å². The summed E-state index contributed by atoms with van der Waals surface area (Å²) in [6.45, 7) is 1.60. The first-order valence-electron chi connectivity index (χ1n) is 8.71. The van der Waals surface area contributed by atoms with Gasteiger partial charge in [-0.3, -0.25) is 19.7 Å². The average Bonchev–Trinajstić information content (AvgIpc) is 2.84. The molecule has 3 aromatic rings. The molecule has 0 radical (unpaired) electrons. The predicted octanol–water partition coefficient (Wildman–Crippen LogP) is 4.51. The van der Waals surface area contributed by atoms with E-state index in [0.29, 0.717) is 28.4 Å². The molecule has 0 fully saturated rings. The minimum absolute atomic E-state index is 0.134. The highest BCUT2D eigenvalue weighted by atomic mass is 16.6. The fourth-order valence-corrected chi connectivity index (χ4v) is 2.99. The number of amides is 2. The van der Waals surface area contributed by atoms with Crippen LogP contribution in [0.25, 0.3) is 0 Å². The Morgan fingerprint density at radius 3 is 2.66 bits per heavy atom. The Morgan fingerprint density at radius 2 is 1.86 bits per heavy atom. The van der Waals surface area contributed by atoms with Crippen molar-refractivity contribution in [3.8, 4) is 11.5 Å². The van der Waals surface area contributed by atoms with Gasteiger partial charge in [0.05, 0.1) is 16.2 Å². The van der Waals surface area contributed by atoms with Crippen molar-refractivity contribution in [3.63, 3.8) is 0 Å². The second-order valence-corrected chi connectivity index (χ2v) is 6.48. The molecule has 8 heteroatoms. The fraction of sp³-hybridized carbons (Fsp3) is 0.0476. The van der Waals surface area contributed by atoms with Crippen molar-refractivity contribution in [2.24, 2.45) is 0 Å². The third kappa shape index (κ3) is 3.51. The summed E-state index contributed by atoms with van der Waals surface area (Å²) in [4.78, 5) is 35.6. The van der Waals surface area contributed by atoms with Gasteiger partial charge >= 0.3 is 0 Å². The summed E-state index contributed by atoms with van der Waals surface area (Å²) in [7, 11) is 0. The van der Waals surface area contributed by atoms with Crippen molar-refractivity contribution in [3.05, 3.63) is 87.5 Å². The maximum Gasteiger partial charge on any atom is 0.273 e. The third-order valence-electron chi connectivity index (χ3n) is 4.51. The van der Waals surface area contributed by atoms with Crippen LogP contribution < -0.4 is 15.4 Å². The number of aryl methyl sites for hydroxylation is 1. The lowest BCUT2D eigenvalue weighted by atomic mass is 10.1. The van der Waals surface area contributed by atoms with Gasteiger partial charge in [0.15, 0.2) is 5.75 Å². The Labute approximate surface area is 165 Å². The Hall–Kier alpha value is -4.20. The monoisotopic (exact) mass is 389 g/mol. The minimum atomic E-state index is -0.534. The molecule has 4 rings (SSSR count). The van der Waals surface area contributed by atoms with Gasteiger partial charge in [-0.05, 0) is 43.3 Å². The number of nitrogens with zero attached hydrogens (tertiary/aromatic N) is 1. The molecule has 0 spiro atoms. The summed E-state index contributed by atoms with van der Waals surface area (Å²) in [5.41, 5.74) is 1.64. The molecular weight excluding hydrogens is 374 g/mol. The topological polar surface area (TPSA) is 111 Å². The van der Waals surface area contributed by atoms with Gasteiger partial charge in [-0.1, -0.05) is 18.2 Å². The number of hydrogen-bond acceptors (Lipinski definition) is 5. The zero-order valence-electron chi connectivity index (χ0n) is 15.3. The molecule has 0 aliphatic carbocycles. The first-order chi connectivity index (χ1) is 13.9. The van der Waals surface area contributed by atoms with E-state index in [1.165, 1.54) is 24.3 Å². The number of carbonyl (C=O) groups excluding carboxylic acids is 2. The molecule has 0 atom stereocenters. The van der Waals surface area contributed by atoms with Crippen LogP contribution in [0.5, 0.6) is 11.5 Å². The van der Waals surface area contributed by atoms with E-state index in [1.54, 1.807) is 43.3 Å². The van der Waals surface area contributed by atoms with Crippen molar-refractivity contribution in [1.29, 1.82) is 0 Å². The van der Waals surface area contributed by atoms with Gasteiger partial charge in [-0.15, -0.1) is 0 Å². The molecule has 2 N–H and O–H groups in total. The molecule has 0 saturated carbocycles. The van der Waals surface area contributed by atoms with Crippen molar-refractivity contribution in [1.82, 2.24) is 0 Å². The number of para-hydroxylation sites is 2. The van der Waals surface area contributed by atoms with Gasteiger partial charge in [0.1, 0.15) is 5.75 Å². The number of anilines is 2. The van der Waals surface area contributed by atoms with Crippen LogP contribution >= 0.6 is 0 Å². The van der Waals surface area contributed by atoms with Gasteiger partial charge in [0.25, 0.3) is 17.5 Å². The quantitative estimate of drug-likeness (QED) is 0.506. The maximum absolute atomic E-state index is 12.6. The van der Waals surface area contributed by atoms with E-state index in [-0.39, 0.29) is 22.7 Å². The van der Waals surface area contributed by atoms with Crippen LogP contribution in [0.4, 0.5) is 17.1 Å². The minimum Gasteiger partial charge on any atom is -0.454 e. The van der Waals surface area contributed by atoms with Gasteiger partial charge < -0.3 is 15.4 Å². The first-order valence-corrected chi connectivity index (χ1v) is 8.71. The highest BCUT2D eigenvalue weighted by Gasteiger charge is 2.22. The van der Waals surface area contributed by atoms with Gasteiger partial charge in [0.2, 0.25) is 0 Å². The van der Waals surface area contributed by atoms with Crippen LogP contribution in [-0.4, -0.2) is 16.7 Å². The summed E-state index contributed by atoms with van der Waals surface area (Å²) in [6.07, 6.45) is 0. The molecule has 1 aliphatic rings. The van der Waals surface area contributed by atoms with E-state index >= 15 is 0 Å². The average molecular weight is 389 g/mol. The summed E-state index contributed by atoms with van der Waals surface area (Å²) >= 11 is 0. The number of hydrogen-bond donors (Lipinski definition) is 2. The Kier molecular flexibility index (Phi) is 4.44. The smallest absolute Gasteiger partial charge is 0.273 e. The Bertz CT molecular complexity index is 1170. The SMILES string of the molecule is Cc1ccc(C(=O)Nc2ccc3c(c2)C(=O)Nc2ccccc2O3)cc1[N+](=O)[O-]. The van der Waals surface area contributed by atoms with E-state index in [1.807, 2.05) is 0 Å². The number of fused-ring (bicyclic) bond motifs is 2. The summed E-state index contributed by atoms with van der Waals surface area (Å²) in [6, 6.07) is 16.0. The molecule has 3 aromatic carbocycles. The number of nitrogens with one attached hydrogen (secondary N) is 2. The number of rotatable bonds is 3. The second-order valence-electron chi connectivity index (χ2n) is 6.48. The fourth-order valence-electron chi connectivity index (χ4n) is 2.99. The van der Waals surface area contributed by atoms with E-state index in [4.69, 9.17) is 4.74 Å². The van der Waals surface area contributed by atoms with Crippen LogP contribution in [0, 0.1) is 17.0 Å². The molecule has 29 heavy (non-hydrogen) atoms. The maximum atomic E-state index is 12.6. The standard InChI is InChI=1S/C21H15N3O5/c1-12-6-7-13(10-17(12)24(27)28)20(25)22-14-8-9-18-15(11-14)21(26)23-16-4-2-3-5-19(16)29-18/h2-11H,1H3,(H,22,25)(H,23,26). The lowest BCUT2D eigenvalue weighted by molar-refractivity contribution is -0.385. The highest BCUT2D eigenvalue weighted by molar-refractivity contribution is 6.10. The number of carbonyl (C=O) groups is 2. The highest BCUT2D eigenvalue weighted by Crippen LogP contribution is 2.36. The molecule has 1 heterocycles. The second kappa shape index (κ2) is 7.08. The van der Waals surface area contributed by atoms with Crippen molar-refractivity contribution >= 4 is 28.9 Å². The molecular formula is C21H15N3O5. The van der Waals surface area contributed by atoms with Crippen LogP contribution in [0.15, 0.2) is 60.7 Å². The molecule has 0 unspecified atom stereocenters. The van der Waals surface area contributed by atoms with Crippen LogP contribution in [0.1, 0.15) is 26.3 Å². The van der Waals surface area contributed by atoms with E-state index in [2.05, 4.69) is 10.6 Å². The largest absolute Gasteiger partial charge is 0.454 e. The molecule has 144 valence electrons. The number of nitro benzene ring substituents is 1. The van der Waals surface area contributed by atoms with Gasteiger partial charge in [-0.2, -0.15) is 0 Å². The number of benzene rings is 3. The Balaban J connectivity index is 1.61. The van der Waals surface area contributed by atoms with E-state index in [0.717, 1.165) is 0 Å². The van der Waals surface area contributed by atoms with E-state index < -0.39 is 10.8 Å². The van der Waals surface area contributed by atoms with E-state index in [9.17, 15) is 19.7 Å². The van der Waals surface area contributed by atoms with Crippen LogP contribution in [0.2, 0.25) is 0 Å². The summed E-state index contributed by atoms with van der Waals surface area (Å²) in [5, 5.41) is 16.5. The van der Waals surface area contributed by atoms with Crippen LogP contribution in [-0.2, 0) is 0 Å². The van der Waals surface area contributed by atoms with Crippen molar-refractivity contribution < 1.29 is 19.2 Å². The summed E-state index contributed by atoms with van der Waals surface area (Å²) < 4.78 is 5.80. The molecule has 0 bridgehead atoms. The lowest BCUT2D eigenvalue weighted by Gasteiger charge is -2.10. The van der Waals surface area contributed by atoms with Crippen molar-refractivity contribution in [2.75, 3.05) is 10.6 Å². The number of nitro groups is 1. The zero-order chi connectivity index (χ0) is 20.5. The van der Waals surface area contributed by atoms with Gasteiger partial charge in [0, 0.05) is 22.9 Å². The molecule has 8 nitrogen and oxygen atoms in total. The normalized spacial score (nSPS) is 12.0. The molecule has 0 saturated heterocycles. The molecule has 1 aliphatic heterocycles. The molecule has 2 amide bonds. The van der Waals surface area contributed by atoms with Gasteiger partial charge in [-0.25, -0.2) is 0 Å². The molecule has 0 aromatic heterocycles. The van der Waals surface area contributed by atoms with Crippen LogP contribution in [0.3, 0.4) is 0 Å². The first kappa shape index (κ1) is 18.2. The zero-order valence-corrected chi connectivity index (χ0v) is 15.3. The summed E-state index contributed by atoms with van der Waals surface area (Å²) in [5.74, 6) is -0.0157. The predicted molar refractivity (Wildman–Crippen MR) is 107 cm³/mol. The lowest BCUT2D eigenvalue weighted by Crippen LogP contribution is -2.14. The Morgan fingerprint density at radius 1 is 1.07 bits per heavy atom. The number of ether oxygens (including phenoxy) is 1.